The Hall–Kier alpha value is -1.38. The number of ether oxygens (including phenoxy) is 1. The number of nitrogens with zero attached hydrogens (tertiary/aromatic N) is 1. The van der Waals surface area contributed by atoms with Crippen LogP contribution in [0.1, 0.15) is 5.69 Å². The summed E-state index contributed by atoms with van der Waals surface area (Å²) >= 11 is 0. The van der Waals surface area contributed by atoms with Gasteiger partial charge in [-0.15, -0.1) is 0 Å². The second-order valence-electron chi connectivity index (χ2n) is 1.67. The predicted molar refractivity (Wildman–Crippen MR) is 35.6 cm³/mol. The minimum absolute atomic E-state index is 0.263. The summed E-state index contributed by atoms with van der Waals surface area (Å²) in [6.07, 6.45) is 1.66. The van der Waals surface area contributed by atoms with E-state index in [1.165, 1.54) is 7.11 Å². The van der Waals surface area contributed by atoms with Crippen LogP contribution in [0, 0.1) is 0 Å². The molecule has 1 rings (SSSR count). The van der Waals surface area contributed by atoms with E-state index >= 15 is 0 Å². The monoisotopic (exact) mass is 136 g/mol. The third kappa shape index (κ3) is 1.31. The van der Waals surface area contributed by atoms with Crippen molar-refractivity contribution in [2.45, 2.75) is 0 Å². The van der Waals surface area contributed by atoms with E-state index in [9.17, 15) is 4.79 Å². The first-order valence-corrected chi connectivity index (χ1v) is 2.76. The summed E-state index contributed by atoms with van der Waals surface area (Å²) in [4.78, 5) is 13.8. The van der Waals surface area contributed by atoms with Crippen LogP contribution in [0.5, 0.6) is 5.88 Å². The van der Waals surface area contributed by atoms with Gasteiger partial charge in [-0.3, -0.25) is 4.79 Å². The largest absolute Gasteiger partial charge is 0.481 e. The lowest BCUT2D eigenvalue weighted by Crippen LogP contribution is -1.90. The summed E-state index contributed by atoms with van der Waals surface area (Å²) in [7, 11) is 1.50. The molecule has 0 amide bonds. The molecule has 0 aliphatic carbocycles. The van der Waals surface area contributed by atoms with E-state index in [0.29, 0.717) is 5.88 Å². The summed E-state index contributed by atoms with van der Waals surface area (Å²) in [5.74, 6) is 0.431. The molecule has 1 heterocycles. The number of pyridine rings is 1. The average Bonchev–Trinajstić information content (AvgIpc) is 2.05. The van der Waals surface area contributed by atoms with Crippen molar-refractivity contribution >= 4 is 6.29 Å². The first kappa shape index (κ1) is 6.74. The highest BCUT2D eigenvalue weighted by molar-refractivity contribution is 5.72. The molecule has 0 saturated heterocycles. The second-order valence-corrected chi connectivity index (χ2v) is 1.67. The third-order valence-corrected chi connectivity index (χ3v) is 1.04. The Morgan fingerprint density at radius 1 is 1.60 bits per heavy atom. The molecule has 3 heteroatoms. The molecule has 10 heavy (non-hydrogen) atoms. The van der Waals surface area contributed by atoms with Crippen LogP contribution in [0.4, 0.5) is 0 Å². The van der Waals surface area contributed by atoms with Gasteiger partial charge in [-0.05, 0) is 6.07 Å². The number of aromatic nitrogens is 1. The third-order valence-electron chi connectivity index (χ3n) is 1.04. The second kappa shape index (κ2) is 2.96. The molecule has 0 unspecified atom stereocenters. The van der Waals surface area contributed by atoms with Gasteiger partial charge in [-0.2, -0.15) is 0 Å². The Kier molecular flexibility index (Phi) is 1.99. The molecule has 0 fully saturated rings. The zero-order chi connectivity index (χ0) is 7.40. The number of rotatable bonds is 2. The SMILES string of the molecule is COc1cccc([C]=O)n1. The van der Waals surface area contributed by atoms with E-state index in [0.717, 1.165) is 0 Å². The van der Waals surface area contributed by atoms with Crippen LogP contribution in [-0.2, 0) is 4.79 Å². The molecular formula is C7H6NO2. The topological polar surface area (TPSA) is 39.2 Å². The fourth-order valence-electron chi connectivity index (χ4n) is 0.585. The maximum atomic E-state index is 10.0. The van der Waals surface area contributed by atoms with Crippen LogP contribution in [0.2, 0.25) is 0 Å². The number of carbonyl (C=O) groups excluding carboxylic acids is 1. The van der Waals surface area contributed by atoms with Crippen LogP contribution >= 0.6 is 0 Å². The lowest BCUT2D eigenvalue weighted by Gasteiger charge is -1.95. The summed E-state index contributed by atoms with van der Waals surface area (Å²) in [5.41, 5.74) is 0.263. The Bertz CT molecular complexity index is 235. The smallest absolute Gasteiger partial charge is 0.253 e. The van der Waals surface area contributed by atoms with Crippen molar-refractivity contribution in [3.63, 3.8) is 0 Å². The van der Waals surface area contributed by atoms with Crippen LogP contribution in [0.25, 0.3) is 0 Å². The molecule has 1 radical (unpaired) electrons. The van der Waals surface area contributed by atoms with E-state index in [2.05, 4.69) is 4.98 Å². The normalized spacial score (nSPS) is 8.90. The summed E-state index contributed by atoms with van der Waals surface area (Å²) in [6.45, 7) is 0. The van der Waals surface area contributed by atoms with Crippen molar-refractivity contribution in [1.82, 2.24) is 4.98 Å². The molecular weight excluding hydrogens is 130 g/mol. The van der Waals surface area contributed by atoms with Gasteiger partial charge in [-0.25, -0.2) is 4.98 Å². The molecule has 1 aromatic rings. The van der Waals surface area contributed by atoms with Crippen molar-refractivity contribution in [1.29, 1.82) is 0 Å². The maximum Gasteiger partial charge on any atom is 0.253 e. The van der Waals surface area contributed by atoms with E-state index in [1.54, 1.807) is 24.5 Å². The molecule has 0 N–H and O–H groups in total. The Balaban J connectivity index is 2.98. The van der Waals surface area contributed by atoms with Gasteiger partial charge in [0.2, 0.25) is 5.88 Å². The quantitative estimate of drug-likeness (QED) is 0.596. The standard InChI is InChI=1S/C7H6NO2/c1-10-7-4-2-3-6(5-9)8-7/h2-4H,1H3. The summed E-state index contributed by atoms with van der Waals surface area (Å²) < 4.78 is 4.77. The van der Waals surface area contributed by atoms with Gasteiger partial charge < -0.3 is 4.74 Å². The summed E-state index contributed by atoms with van der Waals surface area (Å²) in [6, 6.07) is 4.92. The van der Waals surface area contributed by atoms with Crippen molar-refractivity contribution < 1.29 is 9.53 Å². The highest BCUT2D eigenvalue weighted by atomic mass is 16.5. The molecule has 0 aliphatic rings. The molecule has 0 aromatic carbocycles. The van der Waals surface area contributed by atoms with Crippen molar-refractivity contribution in [2.24, 2.45) is 0 Å². The molecule has 0 bridgehead atoms. The zero-order valence-corrected chi connectivity index (χ0v) is 5.50. The predicted octanol–water partition coefficient (Wildman–Crippen LogP) is 0.548. The van der Waals surface area contributed by atoms with E-state index in [4.69, 9.17) is 4.74 Å². The molecule has 0 aliphatic heterocycles. The van der Waals surface area contributed by atoms with E-state index in [1.807, 2.05) is 0 Å². The molecule has 0 saturated carbocycles. The van der Waals surface area contributed by atoms with Crippen LogP contribution in [0.15, 0.2) is 18.2 Å². The summed E-state index contributed by atoms with van der Waals surface area (Å²) in [5, 5.41) is 0. The number of methoxy groups -OCH3 is 1. The van der Waals surface area contributed by atoms with Gasteiger partial charge in [-0.1, -0.05) is 6.07 Å². The lowest BCUT2D eigenvalue weighted by molar-refractivity contribution is 0.397. The van der Waals surface area contributed by atoms with Gasteiger partial charge in [0.25, 0.3) is 6.29 Å². The van der Waals surface area contributed by atoms with Crippen LogP contribution in [-0.4, -0.2) is 18.4 Å². The Labute approximate surface area is 58.7 Å². The Morgan fingerprint density at radius 2 is 2.40 bits per heavy atom. The van der Waals surface area contributed by atoms with Gasteiger partial charge in [0.1, 0.15) is 5.69 Å². The highest BCUT2D eigenvalue weighted by Gasteiger charge is 1.93. The van der Waals surface area contributed by atoms with E-state index in [-0.39, 0.29) is 5.69 Å². The van der Waals surface area contributed by atoms with E-state index < -0.39 is 0 Å². The molecule has 1 aromatic heterocycles. The minimum atomic E-state index is 0.263. The van der Waals surface area contributed by atoms with Gasteiger partial charge in [0, 0.05) is 6.07 Å². The van der Waals surface area contributed by atoms with Gasteiger partial charge in [0.15, 0.2) is 0 Å². The first-order valence-electron chi connectivity index (χ1n) is 2.76. The minimum Gasteiger partial charge on any atom is -0.481 e. The number of hydrogen-bond acceptors (Lipinski definition) is 3. The lowest BCUT2D eigenvalue weighted by atomic mass is 10.4. The van der Waals surface area contributed by atoms with Crippen molar-refractivity contribution in [3.05, 3.63) is 23.9 Å². The zero-order valence-electron chi connectivity index (χ0n) is 5.50. The first-order chi connectivity index (χ1) is 4.86. The Morgan fingerprint density at radius 3 is 3.00 bits per heavy atom. The van der Waals surface area contributed by atoms with Gasteiger partial charge in [0.05, 0.1) is 7.11 Å². The highest BCUT2D eigenvalue weighted by Crippen LogP contribution is 2.03. The molecule has 3 nitrogen and oxygen atoms in total. The van der Waals surface area contributed by atoms with Gasteiger partial charge >= 0.3 is 0 Å². The fraction of sp³-hybridized carbons (Fsp3) is 0.143. The maximum absolute atomic E-state index is 10.0. The van der Waals surface area contributed by atoms with Crippen molar-refractivity contribution in [2.75, 3.05) is 7.11 Å². The number of hydrogen-bond donors (Lipinski definition) is 0. The van der Waals surface area contributed by atoms with Crippen molar-refractivity contribution in [3.8, 4) is 5.88 Å². The van der Waals surface area contributed by atoms with Crippen LogP contribution < -0.4 is 4.74 Å². The molecule has 0 atom stereocenters. The average molecular weight is 136 g/mol. The fourth-order valence-corrected chi connectivity index (χ4v) is 0.585. The molecule has 0 spiro atoms. The molecule has 51 valence electrons. The van der Waals surface area contributed by atoms with Crippen LogP contribution in [0.3, 0.4) is 0 Å².